The maximum Gasteiger partial charge on any atom is 0.245 e. The fourth-order valence-corrected chi connectivity index (χ4v) is 2.85. The van der Waals surface area contributed by atoms with Crippen molar-refractivity contribution in [3.8, 4) is 0 Å². The average Bonchev–Trinajstić information content (AvgIpc) is 2.31. The monoisotopic (exact) mass is 266 g/mol. The number of rotatable bonds is 2. The fraction of sp³-hybridized carbons (Fsp3) is 0.867. The minimum atomic E-state index is -0.398. The van der Waals surface area contributed by atoms with Crippen LogP contribution in [0.2, 0.25) is 0 Å². The lowest BCUT2D eigenvalue weighted by Gasteiger charge is -2.38. The summed E-state index contributed by atoms with van der Waals surface area (Å²) in [4.78, 5) is 26.6. The molecule has 2 unspecified atom stereocenters. The second-order valence-corrected chi connectivity index (χ2v) is 7.21. The summed E-state index contributed by atoms with van der Waals surface area (Å²) < 4.78 is 0. The van der Waals surface area contributed by atoms with Crippen LogP contribution >= 0.6 is 0 Å². The highest BCUT2D eigenvalue weighted by atomic mass is 16.2. The molecule has 0 bridgehead atoms. The summed E-state index contributed by atoms with van der Waals surface area (Å²) in [5, 5.41) is 2.91. The van der Waals surface area contributed by atoms with Gasteiger partial charge in [-0.05, 0) is 31.1 Å². The van der Waals surface area contributed by atoms with E-state index in [9.17, 15) is 9.59 Å². The molecule has 1 N–H and O–H groups in total. The predicted octanol–water partition coefficient (Wildman–Crippen LogP) is 1.94. The fourth-order valence-electron chi connectivity index (χ4n) is 2.85. The summed E-state index contributed by atoms with van der Waals surface area (Å²) in [7, 11) is 0. The molecule has 108 valence electrons. The molecule has 1 heterocycles. The van der Waals surface area contributed by atoms with Gasteiger partial charge in [-0.25, -0.2) is 0 Å². The van der Waals surface area contributed by atoms with E-state index in [0.29, 0.717) is 12.3 Å². The molecular formula is C15H26N2O2. The van der Waals surface area contributed by atoms with Crippen LogP contribution in [0.25, 0.3) is 0 Å². The molecule has 2 aliphatic rings. The zero-order valence-corrected chi connectivity index (χ0v) is 12.5. The van der Waals surface area contributed by atoms with Crippen molar-refractivity contribution in [3.05, 3.63) is 0 Å². The van der Waals surface area contributed by atoms with Crippen molar-refractivity contribution in [2.75, 3.05) is 6.54 Å². The van der Waals surface area contributed by atoms with Crippen LogP contribution < -0.4 is 5.32 Å². The van der Waals surface area contributed by atoms with Crippen LogP contribution in [0, 0.1) is 11.3 Å². The summed E-state index contributed by atoms with van der Waals surface area (Å²) in [6.45, 7) is 8.83. The van der Waals surface area contributed by atoms with E-state index in [0.717, 1.165) is 6.54 Å². The molecule has 2 amide bonds. The van der Waals surface area contributed by atoms with Gasteiger partial charge < -0.3 is 10.2 Å². The van der Waals surface area contributed by atoms with Crippen LogP contribution in [0.1, 0.15) is 53.4 Å². The second-order valence-electron chi connectivity index (χ2n) is 7.21. The Kier molecular flexibility index (Phi) is 3.88. The molecule has 1 saturated heterocycles. The van der Waals surface area contributed by atoms with Gasteiger partial charge in [-0.1, -0.05) is 27.2 Å². The normalized spacial score (nSPS) is 29.8. The number of hydrogen-bond acceptors (Lipinski definition) is 2. The van der Waals surface area contributed by atoms with E-state index in [1.807, 2.05) is 32.6 Å². The zero-order valence-electron chi connectivity index (χ0n) is 12.5. The number of carbonyl (C=O) groups excluding carboxylic acids is 2. The lowest BCUT2D eigenvalue weighted by atomic mass is 9.83. The van der Waals surface area contributed by atoms with E-state index >= 15 is 0 Å². The van der Waals surface area contributed by atoms with Gasteiger partial charge in [-0.3, -0.25) is 9.59 Å². The van der Waals surface area contributed by atoms with Crippen LogP contribution in [-0.4, -0.2) is 35.3 Å². The third kappa shape index (κ3) is 3.10. The van der Waals surface area contributed by atoms with Gasteiger partial charge in [-0.2, -0.15) is 0 Å². The summed E-state index contributed by atoms with van der Waals surface area (Å²) in [5.41, 5.74) is -0.241. The van der Waals surface area contributed by atoms with Gasteiger partial charge in [0.25, 0.3) is 0 Å². The molecule has 0 aromatic rings. The quantitative estimate of drug-likeness (QED) is 0.830. The van der Waals surface area contributed by atoms with Crippen molar-refractivity contribution >= 4 is 11.8 Å². The summed E-state index contributed by atoms with van der Waals surface area (Å²) in [6.07, 6.45) is 4.14. The first-order valence-corrected chi connectivity index (χ1v) is 7.39. The lowest BCUT2D eigenvalue weighted by molar-refractivity contribution is -0.138. The molecule has 0 spiro atoms. The van der Waals surface area contributed by atoms with Crippen LogP contribution in [0.3, 0.4) is 0 Å². The summed E-state index contributed by atoms with van der Waals surface area (Å²) in [5.74, 6) is 0.731. The van der Waals surface area contributed by atoms with Crippen molar-refractivity contribution in [3.63, 3.8) is 0 Å². The van der Waals surface area contributed by atoms with Crippen LogP contribution in [0.15, 0.2) is 0 Å². The highest BCUT2D eigenvalue weighted by Gasteiger charge is 2.41. The molecule has 2 atom stereocenters. The number of hydrogen-bond donors (Lipinski definition) is 1. The Bertz CT molecular complexity index is 369. The molecule has 1 aliphatic heterocycles. The standard InChI is InChI=1S/C15H26N2O2/c1-10-8-12(18)16-13(15(2,3)4)14(19)17(10)9-11-6-5-7-11/h10-11,13H,5-9H2,1-4H3,(H,16,18). The zero-order chi connectivity index (χ0) is 14.2. The van der Waals surface area contributed by atoms with E-state index < -0.39 is 6.04 Å². The van der Waals surface area contributed by atoms with Crippen LogP contribution in [-0.2, 0) is 9.59 Å². The van der Waals surface area contributed by atoms with E-state index in [-0.39, 0.29) is 23.3 Å². The summed E-state index contributed by atoms with van der Waals surface area (Å²) in [6, 6.07) is -0.384. The van der Waals surface area contributed by atoms with Gasteiger partial charge in [0, 0.05) is 19.0 Å². The predicted molar refractivity (Wildman–Crippen MR) is 74.5 cm³/mol. The van der Waals surface area contributed by atoms with Crippen LogP contribution in [0.4, 0.5) is 0 Å². The van der Waals surface area contributed by atoms with E-state index in [1.54, 1.807) is 0 Å². The smallest absolute Gasteiger partial charge is 0.245 e. The molecule has 4 nitrogen and oxygen atoms in total. The van der Waals surface area contributed by atoms with E-state index in [2.05, 4.69) is 5.32 Å². The van der Waals surface area contributed by atoms with Crippen molar-refractivity contribution in [2.45, 2.75) is 65.5 Å². The largest absolute Gasteiger partial charge is 0.344 e. The van der Waals surface area contributed by atoms with E-state index in [4.69, 9.17) is 0 Å². The molecule has 0 aromatic heterocycles. The number of nitrogens with zero attached hydrogens (tertiary/aromatic N) is 1. The number of nitrogens with one attached hydrogen (secondary N) is 1. The Labute approximate surface area is 115 Å². The SMILES string of the molecule is CC1CC(=O)NC(C(C)(C)C)C(=O)N1CC1CCC1. The molecule has 2 fully saturated rings. The number of carbonyl (C=O) groups is 2. The molecule has 1 saturated carbocycles. The Hall–Kier alpha value is -1.06. The highest BCUT2D eigenvalue weighted by molar-refractivity contribution is 5.91. The maximum absolute atomic E-state index is 12.7. The summed E-state index contributed by atoms with van der Waals surface area (Å²) >= 11 is 0. The molecular weight excluding hydrogens is 240 g/mol. The van der Waals surface area contributed by atoms with Crippen molar-refractivity contribution in [1.29, 1.82) is 0 Å². The van der Waals surface area contributed by atoms with Gasteiger partial charge >= 0.3 is 0 Å². The topological polar surface area (TPSA) is 49.4 Å². The van der Waals surface area contributed by atoms with Gasteiger partial charge in [0.1, 0.15) is 6.04 Å². The molecule has 19 heavy (non-hydrogen) atoms. The first kappa shape index (κ1) is 14.4. The van der Waals surface area contributed by atoms with Crippen LogP contribution in [0.5, 0.6) is 0 Å². The highest BCUT2D eigenvalue weighted by Crippen LogP contribution is 2.30. The Morgan fingerprint density at radius 2 is 1.89 bits per heavy atom. The third-order valence-corrected chi connectivity index (χ3v) is 4.39. The van der Waals surface area contributed by atoms with Gasteiger partial charge in [0.05, 0.1) is 0 Å². The molecule has 0 radical (unpaired) electrons. The van der Waals surface area contributed by atoms with Crippen molar-refractivity contribution < 1.29 is 9.59 Å². The lowest BCUT2D eigenvalue weighted by Crippen LogP contribution is -2.53. The minimum Gasteiger partial charge on any atom is -0.344 e. The molecule has 0 aromatic carbocycles. The first-order chi connectivity index (χ1) is 8.79. The molecule has 1 aliphatic carbocycles. The first-order valence-electron chi connectivity index (χ1n) is 7.39. The average molecular weight is 266 g/mol. The maximum atomic E-state index is 12.7. The molecule has 4 heteroatoms. The number of amides is 2. The third-order valence-electron chi connectivity index (χ3n) is 4.39. The Morgan fingerprint density at radius 3 is 2.37 bits per heavy atom. The van der Waals surface area contributed by atoms with Gasteiger partial charge in [0.2, 0.25) is 11.8 Å². The molecule has 2 rings (SSSR count). The van der Waals surface area contributed by atoms with Crippen molar-refractivity contribution in [2.24, 2.45) is 11.3 Å². The Balaban J connectivity index is 2.18. The van der Waals surface area contributed by atoms with Gasteiger partial charge in [-0.15, -0.1) is 0 Å². The Morgan fingerprint density at radius 1 is 1.26 bits per heavy atom. The minimum absolute atomic E-state index is 0.00288. The second kappa shape index (κ2) is 5.14. The van der Waals surface area contributed by atoms with E-state index in [1.165, 1.54) is 19.3 Å². The van der Waals surface area contributed by atoms with Gasteiger partial charge in [0.15, 0.2) is 0 Å². The van der Waals surface area contributed by atoms with Crippen molar-refractivity contribution in [1.82, 2.24) is 10.2 Å².